The molecule has 1 heteroatoms. The lowest BCUT2D eigenvalue weighted by molar-refractivity contribution is -0.121. The number of Topliss-reactive ketones (excluding diaryl/α,β-unsaturated/α-hetero) is 1. The summed E-state index contributed by atoms with van der Waals surface area (Å²) < 4.78 is 0. The molecule has 0 aliphatic heterocycles. The number of ketones is 1. The van der Waals surface area contributed by atoms with Crippen LogP contribution in [0.5, 0.6) is 0 Å². The van der Waals surface area contributed by atoms with Crippen molar-refractivity contribution in [1.29, 1.82) is 0 Å². The average Bonchev–Trinajstić information content (AvgIpc) is 3.02. The maximum absolute atomic E-state index is 13.8. The first-order valence-electron chi connectivity index (χ1n) is 16.5. The van der Waals surface area contributed by atoms with Crippen molar-refractivity contribution in [2.75, 3.05) is 0 Å². The van der Waals surface area contributed by atoms with Crippen molar-refractivity contribution < 1.29 is 4.79 Å². The van der Waals surface area contributed by atoms with Crippen LogP contribution in [0, 0.1) is 29.1 Å². The van der Waals surface area contributed by atoms with Crippen molar-refractivity contribution in [2.24, 2.45) is 29.1 Å². The second-order valence-electron chi connectivity index (χ2n) is 13.7. The van der Waals surface area contributed by atoms with Crippen molar-refractivity contribution in [3.05, 3.63) is 119 Å². The second kappa shape index (κ2) is 12.5. The van der Waals surface area contributed by atoms with Crippen molar-refractivity contribution in [1.82, 2.24) is 0 Å². The molecule has 1 unspecified atom stereocenters. The largest absolute Gasteiger partial charge is 0.294 e. The summed E-state index contributed by atoms with van der Waals surface area (Å²) in [4.78, 5) is 13.8. The van der Waals surface area contributed by atoms with Gasteiger partial charge in [-0.1, -0.05) is 118 Å². The van der Waals surface area contributed by atoms with Gasteiger partial charge in [-0.15, -0.1) is 0 Å². The van der Waals surface area contributed by atoms with E-state index < -0.39 is 0 Å². The predicted octanol–water partition coefficient (Wildman–Crippen LogP) is 10.6. The van der Waals surface area contributed by atoms with Crippen LogP contribution in [0.4, 0.5) is 0 Å². The van der Waals surface area contributed by atoms with Crippen LogP contribution < -0.4 is 0 Å². The van der Waals surface area contributed by atoms with Gasteiger partial charge in [-0.05, 0) is 97.3 Å². The lowest BCUT2D eigenvalue weighted by atomic mass is 9.62. The average molecular weight is 545 g/mol. The van der Waals surface area contributed by atoms with Crippen LogP contribution >= 0.6 is 0 Å². The molecule has 0 aromatic heterocycles. The highest BCUT2D eigenvalue weighted by atomic mass is 16.1. The van der Waals surface area contributed by atoms with Crippen molar-refractivity contribution >= 4 is 5.78 Å². The molecular formula is C40H48O. The molecule has 0 radical (unpaired) electrons. The number of carbonyl (C=O) groups is 1. The number of benzene rings is 2. The van der Waals surface area contributed by atoms with E-state index in [1.165, 1.54) is 67.2 Å². The standard InChI is InChI=1S/C40H48O/c1-3-30-22-23-37(36-17-11-10-16-35(30)36)39(41)34-24-26-40(2,27-25-34)28-29-18-20-33(21-19-29)38(31-12-6-4-7-13-31)32-14-8-5-9-15-32/h4-16,22-23,29,33-34,36,38H,3,17-21,24-28H2,1-2H3. The van der Waals surface area contributed by atoms with E-state index in [1.807, 2.05) is 0 Å². The van der Waals surface area contributed by atoms with Crippen LogP contribution in [-0.4, -0.2) is 5.78 Å². The Bertz CT molecular complexity index is 1270. The monoisotopic (exact) mass is 544 g/mol. The molecule has 2 saturated carbocycles. The first-order chi connectivity index (χ1) is 20.0. The fraction of sp³-hybridized carbons (Fsp3) is 0.475. The Balaban J connectivity index is 1.05. The molecule has 1 atom stereocenters. The minimum Gasteiger partial charge on any atom is -0.294 e. The third kappa shape index (κ3) is 6.15. The Hall–Kier alpha value is -2.93. The van der Waals surface area contributed by atoms with Crippen LogP contribution in [0.15, 0.2) is 108 Å². The van der Waals surface area contributed by atoms with Crippen molar-refractivity contribution in [3.8, 4) is 0 Å². The van der Waals surface area contributed by atoms with Gasteiger partial charge in [-0.2, -0.15) is 0 Å². The van der Waals surface area contributed by atoms with Gasteiger partial charge in [0, 0.05) is 23.3 Å². The van der Waals surface area contributed by atoms with Gasteiger partial charge < -0.3 is 0 Å². The minimum absolute atomic E-state index is 0.214. The molecule has 6 rings (SSSR count). The van der Waals surface area contributed by atoms with Crippen molar-refractivity contribution in [3.63, 3.8) is 0 Å². The van der Waals surface area contributed by atoms with Gasteiger partial charge in [0.1, 0.15) is 0 Å². The first-order valence-corrected chi connectivity index (χ1v) is 16.5. The summed E-state index contributed by atoms with van der Waals surface area (Å²) in [6, 6.07) is 22.4. The van der Waals surface area contributed by atoms with Gasteiger partial charge in [0.05, 0.1) is 0 Å². The van der Waals surface area contributed by atoms with E-state index in [4.69, 9.17) is 0 Å². The van der Waals surface area contributed by atoms with Crippen LogP contribution in [0.2, 0.25) is 0 Å². The fourth-order valence-corrected chi connectivity index (χ4v) is 8.73. The molecule has 2 fully saturated rings. The van der Waals surface area contributed by atoms with E-state index in [9.17, 15) is 4.79 Å². The molecule has 0 saturated heterocycles. The summed E-state index contributed by atoms with van der Waals surface area (Å²) in [5.74, 6) is 2.99. The van der Waals surface area contributed by atoms with E-state index in [-0.39, 0.29) is 11.8 Å². The molecule has 1 nitrogen and oxygen atoms in total. The zero-order valence-corrected chi connectivity index (χ0v) is 25.2. The number of rotatable bonds is 8. The normalized spacial score (nSPS) is 29.8. The van der Waals surface area contributed by atoms with Crippen LogP contribution in [0.25, 0.3) is 0 Å². The number of carbonyl (C=O) groups excluding carboxylic acids is 1. The van der Waals surface area contributed by atoms with Gasteiger partial charge in [0.15, 0.2) is 5.78 Å². The highest BCUT2D eigenvalue weighted by Crippen LogP contribution is 2.49. The van der Waals surface area contributed by atoms with Crippen molar-refractivity contribution in [2.45, 2.75) is 90.4 Å². The van der Waals surface area contributed by atoms with E-state index in [0.717, 1.165) is 43.1 Å². The fourth-order valence-electron chi connectivity index (χ4n) is 8.73. The molecule has 0 N–H and O–H groups in total. The lowest BCUT2D eigenvalue weighted by Gasteiger charge is -2.42. The minimum atomic E-state index is 0.214. The maximum atomic E-state index is 13.8. The molecular weight excluding hydrogens is 496 g/mol. The van der Waals surface area contributed by atoms with E-state index in [2.05, 4.69) is 105 Å². The molecule has 0 amide bonds. The topological polar surface area (TPSA) is 17.1 Å². The number of allylic oxidation sites excluding steroid dienone is 8. The highest BCUT2D eigenvalue weighted by molar-refractivity contribution is 5.99. The molecule has 0 heterocycles. The van der Waals surface area contributed by atoms with Gasteiger partial charge in [-0.25, -0.2) is 0 Å². The molecule has 0 spiro atoms. The summed E-state index contributed by atoms with van der Waals surface area (Å²) in [6.07, 6.45) is 24.3. The Morgan fingerprint density at radius 1 is 0.829 bits per heavy atom. The van der Waals surface area contributed by atoms with Crippen LogP contribution in [0.3, 0.4) is 0 Å². The van der Waals surface area contributed by atoms with E-state index in [1.54, 1.807) is 0 Å². The lowest BCUT2D eigenvalue weighted by Crippen LogP contribution is -2.33. The molecule has 4 aliphatic carbocycles. The molecule has 2 aromatic rings. The van der Waals surface area contributed by atoms with E-state index in [0.29, 0.717) is 17.1 Å². The predicted molar refractivity (Wildman–Crippen MR) is 172 cm³/mol. The maximum Gasteiger partial charge on any atom is 0.162 e. The third-order valence-electron chi connectivity index (χ3n) is 11.1. The molecule has 41 heavy (non-hydrogen) atoms. The second-order valence-corrected chi connectivity index (χ2v) is 13.7. The highest BCUT2D eigenvalue weighted by Gasteiger charge is 2.39. The quantitative estimate of drug-likeness (QED) is 0.323. The van der Waals surface area contributed by atoms with E-state index >= 15 is 0 Å². The van der Waals surface area contributed by atoms with Crippen LogP contribution in [-0.2, 0) is 4.79 Å². The zero-order chi connectivity index (χ0) is 28.2. The summed E-state index contributed by atoms with van der Waals surface area (Å²) in [5.41, 5.74) is 7.20. The SMILES string of the molecule is CCC1=CC=C(C(=O)C2CCC(C)(CC3CCC(C(c4ccccc4)c4ccccc4)CC3)CC2)C2CC=CC=C12. The Kier molecular flexibility index (Phi) is 8.61. The Labute approximate surface area is 248 Å². The number of hydrogen-bond donors (Lipinski definition) is 0. The summed E-state index contributed by atoms with van der Waals surface area (Å²) in [6.45, 7) is 4.75. The first kappa shape index (κ1) is 28.2. The number of fused-ring (bicyclic) bond motifs is 1. The summed E-state index contributed by atoms with van der Waals surface area (Å²) >= 11 is 0. The molecule has 214 valence electrons. The van der Waals surface area contributed by atoms with Gasteiger partial charge in [0.25, 0.3) is 0 Å². The van der Waals surface area contributed by atoms with Gasteiger partial charge in [0.2, 0.25) is 0 Å². The number of hydrogen-bond acceptors (Lipinski definition) is 1. The Morgan fingerprint density at radius 2 is 1.46 bits per heavy atom. The Morgan fingerprint density at radius 3 is 2.07 bits per heavy atom. The zero-order valence-electron chi connectivity index (χ0n) is 25.2. The molecule has 0 bridgehead atoms. The van der Waals surface area contributed by atoms with Crippen LogP contribution in [0.1, 0.15) is 102 Å². The van der Waals surface area contributed by atoms with Gasteiger partial charge >= 0.3 is 0 Å². The smallest absolute Gasteiger partial charge is 0.162 e. The molecule has 4 aliphatic rings. The van der Waals surface area contributed by atoms with Gasteiger partial charge in [-0.3, -0.25) is 4.79 Å². The summed E-state index contributed by atoms with van der Waals surface area (Å²) in [5, 5.41) is 0. The third-order valence-corrected chi connectivity index (χ3v) is 11.1. The molecule has 2 aromatic carbocycles. The summed E-state index contributed by atoms with van der Waals surface area (Å²) in [7, 11) is 0.